The first-order valence-electron chi connectivity index (χ1n) is 9.91. The van der Waals surface area contributed by atoms with Crippen molar-refractivity contribution >= 4 is 22.7 Å². The van der Waals surface area contributed by atoms with E-state index in [4.69, 9.17) is 14.5 Å². The van der Waals surface area contributed by atoms with Gasteiger partial charge in [0.05, 0.1) is 23.9 Å². The Morgan fingerprint density at radius 2 is 1.55 bits per heavy atom. The van der Waals surface area contributed by atoms with Crippen LogP contribution in [0.4, 0.5) is 0 Å². The summed E-state index contributed by atoms with van der Waals surface area (Å²) in [4.78, 5) is 30.4. The normalized spacial score (nSPS) is 11.7. The van der Waals surface area contributed by atoms with E-state index in [2.05, 4.69) is 0 Å². The van der Waals surface area contributed by atoms with Gasteiger partial charge in [0.25, 0.3) is 0 Å². The minimum absolute atomic E-state index is 0.248. The number of hydrogen-bond donors (Lipinski definition) is 0. The zero-order chi connectivity index (χ0) is 21.8. The number of para-hydroxylation sites is 1. The number of Topliss-reactive ketones (excluding diaryl/α,β-unsaturated/α-hetero) is 1. The maximum absolute atomic E-state index is 13.1. The number of nitrogens with zero attached hydrogens (tertiary/aromatic N) is 1. The lowest BCUT2D eigenvalue weighted by Gasteiger charge is -2.14. The molecular weight excluding hydrogens is 390 g/mol. The molecule has 5 nitrogen and oxygen atoms in total. The number of rotatable bonds is 6. The number of fused-ring (bicyclic) bond motifs is 1. The van der Waals surface area contributed by atoms with Gasteiger partial charge in [-0.1, -0.05) is 48.5 Å². The van der Waals surface area contributed by atoms with Crippen LogP contribution in [0.5, 0.6) is 5.75 Å². The molecule has 5 heteroatoms. The molecule has 3 aromatic carbocycles. The Kier molecular flexibility index (Phi) is 5.76. The van der Waals surface area contributed by atoms with E-state index in [9.17, 15) is 9.59 Å². The summed E-state index contributed by atoms with van der Waals surface area (Å²) in [5.41, 5.74) is 3.01. The minimum Gasteiger partial charge on any atom is -0.497 e. The van der Waals surface area contributed by atoms with Gasteiger partial charge >= 0.3 is 5.97 Å². The van der Waals surface area contributed by atoms with Gasteiger partial charge < -0.3 is 9.47 Å². The van der Waals surface area contributed by atoms with Gasteiger partial charge in [0.1, 0.15) is 5.75 Å². The van der Waals surface area contributed by atoms with Crippen molar-refractivity contribution in [3.8, 4) is 17.0 Å². The van der Waals surface area contributed by atoms with Crippen LogP contribution in [0.25, 0.3) is 22.2 Å². The molecular formula is C26H21NO4. The minimum atomic E-state index is -0.911. The molecule has 0 aliphatic heterocycles. The third-order valence-corrected chi connectivity index (χ3v) is 5.03. The van der Waals surface area contributed by atoms with Crippen molar-refractivity contribution in [3.63, 3.8) is 0 Å². The van der Waals surface area contributed by atoms with Crippen molar-refractivity contribution in [1.82, 2.24) is 4.98 Å². The summed E-state index contributed by atoms with van der Waals surface area (Å²) in [5, 5.41) is 0.670. The zero-order valence-corrected chi connectivity index (χ0v) is 17.2. The fourth-order valence-corrected chi connectivity index (χ4v) is 3.37. The SMILES string of the molecule is COc1ccc(-c2cc(C(=O)OC(C)C(=O)c3ccccc3)c3ccccc3n2)cc1. The molecule has 0 amide bonds. The Labute approximate surface area is 180 Å². The van der Waals surface area contributed by atoms with Crippen LogP contribution >= 0.6 is 0 Å². The summed E-state index contributed by atoms with van der Waals surface area (Å²) in [6, 6.07) is 25.3. The number of carbonyl (C=O) groups is 2. The molecule has 154 valence electrons. The van der Waals surface area contributed by atoms with Crippen LogP contribution in [-0.2, 0) is 4.74 Å². The van der Waals surface area contributed by atoms with Crippen molar-refractivity contribution in [2.45, 2.75) is 13.0 Å². The molecule has 0 fully saturated rings. The molecule has 4 rings (SSSR count). The number of esters is 1. The van der Waals surface area contributed by atoms with Gasteiger partial charge in [-0.15, -0.1) is 0 Å². The zero-order valence-electron chi connectivity index (χ0n) is 17.2. The number of ketones is 1. The van der Waals surface area contributed by atoms with E-state index in [0.717, 1.165) is 11.3 Å². The maximum atomic E-state index is 13.1. The van der Waals surface area contributed by atoms with E-state index in [0.29, 0.717) is 27.7 Å². The lowest BCUT2D eigenvalue weighted by molar-refractivity contribution is 0.0320. The largest absolute Gasteiger partial charge is 0.497 e. The third-order valence-electron chi connectivity index (χ3n) is 5.03. The molecule has 31 heavy (non-hydrogen) atoms. The highest BCUT2D eigenvalue weighted by atomic mass is 16.5. The fraction of sp³-hybridized carbons (Fsp3) is 0.115. The summed E-state index contributed by atoms with van der Waals surface area (Å²) in [5.74, 6) is -0.0785. The number of carbonyl (C=O) groups excluding carboxylic acids is 2. The summed E-state index contributed by atoms with van der Waals surface area (Å²) in [6.45, 7) is 1.58. The predicted molar refractivity (Wildman–Crippen MR) is 119 cm³/mol. The van der Waals surface area contributed by atoms with Crippen LogP contribution in [-0.4, -0.2) is 30.0 Å². The molecule has 0 aliphatic rings. The third kappa shape index (κ3) is 4.31. The number of methoxy groups -OCH3 is 1. The van der Waals surface area contributed by atoms with Crippen molar-refractivity contribution in [2.75, 3.05) is 7.11 Å². The van der Waals surface area contributed by atoms with Gasteiger partial charge in [0.2, 0.25) is 5.78 Å². The Hall–Kier alpha value is -3.99. The molecule has 0 aliphatic carbocycles. The summed E-state index contributed by atoms with van der Waals surface area (Å²) < 4.78 is 10.8. The highest BCUT2D eigenvalue weighted by molar-refractivity contribution is 6.06. The lowest BCUT2D eigenvalue weighted by Crippen LogP contribution is -2.24. The van der Waals surface area contributed by atoms with Crippen LogP contribution in [0.3, 0.4) is 0 Å². The quantitative estimate of drug-likeness (QED) is 0.317. The van der Waals surface area contributed by atoms with Crippen LogP contribution in [0.2, 0.25) is 0 Å². The van der Waals surface area contributed by atoms with E-state index in [1.165, 1.54) is 0 Å². The molecule has 1 atom stereocenters. The van der Waals surface area contributed by atoms with E-state index in [1.807, 2.05) is 54.6 Å². The van der Waals surface area contributed by atoms with Crippen molar-refractivity contribution < 1.29 is 19.1 Å². The molecule has 1 aromatic heterocycles. The first-order valence-corrected chi connectivity index (χ1v) is 9.91. The van der Waals surface area contributed by atoms with Crippen molar-refractivity contribution in [3.05, 3.63) is 96.1 Å². The standard InChI is InChI=1S/C26H21NO4/c1-17(25(28)19-8-4-3-5-9-19)31-26(29)22-16-24(18-12-14-20(30-2)15-13-18)27-23-11-7-6-10-21(22)23/h3-17H,1-2H3. The van der Waals surface area contributed by atoms with Crippen LogP contribution in [0.15, 0.2) is 84.9 Å². The molecule has 4 aromatic rings. The molecule has 0 bridgehead atoms. The van der Waals surface area contributed by atoms with Crippen molar-refractivity contribution in [1.29, 1.82) is 0 Å². The van der Waals surface area contributed by atoms with Gasteiger partial charge in [-0.25, -0.2) is 9.78 Å². The number of benzene rings is 3. The Bertz CT molecular complexity index is 1230. The summed E-state index contributed by atoms with van der Waals surface area (Å²) in [6.07, 6.45) is -0.911. The van der Waals surface area contributed by atoms with Crippen molar-refractivity contribution in [2.24, 2.45) is 0 Å². The Morgan fingerprint density at radius 1 is 0.871 bits per heavy atom. The Balaban J connectivity index is 1.68. The fourth-order valence-electron chi connectivity index (χ4n) is 3.37. The Morgan fingerprint density at radius 3 is 2.26 bits per heavy atom. The van der Waals surface area contributed by atoms with E-state index < -0.39 is 12.1 Å². The van der Waals surface area contributed by atoms with Crippen LogP contribution in [0.1, 0.15) is 27.6 Å². The monoisotopic (exact) mass is 411 g/mol. The smallest absolute Gasteiger partial charge is 0.339 e. The summed E-state index contributed by atoms with van der Waals surface area (Å²) >= 11 is 0. The highest BCUT2D eigenvalue weighted by Gasteiger charge is 2.22. The second-order valence-corrected chi connectivity index (χ2v) is 7.08. The van der Waals surface area contributed by atoms with Gasteiger partial charge in [-0.05, 0) is 43.3 Å². The molecule has 0 spiro atoms. The van der Waals surface area contributed by atoms with Gasteiger partial charge in [-0.2, -0.15) is 0 Å². The van der Waals surface area contributed by atoms with E-state index >= 15 is 0 Å². The van der Waals surface area contributed by atoms with E-state index in [1.54, 1.807) is 44.4 Å². The highest BCUT2D eigenvalue weighted by Crippen LogP contribution is 2.27. The molecule has 1 unspecified atom stereocenters. The summed E-state index contributed by atoms with van der Waals surface area (Å²) in [7, 11) is 1.61. The van der Waals surface area contributed by atoms with E-state index in [-0.39, 0.29) is 5.78 Å². The first-order chi connectivity index (χ1) is 15.1. The molecule has 0 saturated heterocycles. The van der Waals surface area contributed by atoms with Gasteiger partial charge in [0.15, 0.2) is 6.10 Å². The second-order valence-electron chi connectivity index (χ2n) is 7.08. The van der Waals surface area contributed by atoms with Crippen LogP contribution in [0, 0.1) is 0 Å². The lowest BCUT2D eigenvalue weighted by atomic mass is 10.0. The van der Waals surface area contributed by atoms with Gasteiger partial charge in [0, 0.05) is 16.5 Å². The number of aromatic nitrogens is 1. The topological polar surface area (TPSA) is 65.5 Å². The molecule has 0 radical (unpaired) electrons. The molecule has 0 saturated carbocycles. The number of hydrogen-bond acceptors (Lipinski definition) is 5. The average Bonchev–Trinajstić information content (AvgIpc) is 2.83. The van der Waals surface area contributed by atoms with Gasteiger partial charge in [-0.3, -0.25) is 4.79 Å². The maximum Gasteiger partial charge on any atom is 0.339 e. The predicted octanol–water partition coefficient (Wildman–Crippen LogP) is 5.34. The number of pyridine rings is 1. The second kappa shape index (κ2) is 8.79. The molecule has 1 heterocycles. The van der Waals surface area contributed by atoms with Crippen LogP contribution < -0.4 is 4.74 Å². The first kappa shape index (κ1) is 20.3. The number of ether oxygens (including phenoxy) is 2. The average molecular weight is 411 g/mol. The molecule has 0 N–H and O–H groups in total.